The van der Waals surface area contributed by atoms with Crippen LogP contribution in [-0.4, -0.2) is 55.5 Å². The van der Waals surface area contributed by atoms with E-state index in [0.29, 0.717) is 0 Å². The quantitative estimate of drug-likeness (QED) is 0.452. The number of nitrogens with one attached hydrogen (secondary N) is 2. The topological polar surface area (TPSA) is 114 Å². The second kappa shape index (κ2) is 11.3. The van der Waals surface area contributed by atoms with Gasteiger partial charge in [0, 0.05) is 26.1 Å². The highest BCUT2D eigenvalue weighted by molar-refractivity contribution is 5.89. The molecule has 0 aromatic heterocycles. The van der Waals surface area contributed by atoms with Gasteiger partial charge in [0.2, 0.25) is 5.91 Å². The van der Waals surface area contributed by atoms with E-state index in [-0.39, 0.29) is 32.0 Å². The van der Waals surface area contributed by atoms with E-state index in [1.165, 1.54) is 13.2 Å². The zero-order valence-electron chi connectivity index (χ0n) is 18.5. The molecule has 8 nitrogen and oxygen atoms in total. The lowest BCUT2D eigenvalue weighted by Crippen LogP contribution is -2.51. The summed E-state index contributed by atoms with van der Waals surface area (Å²) in [6, 6.07) is 13.8. The Hall–Kier alpha value is -3.65. The fourth-order valence-electron chi connectivity index (χ4n) is 3.95. The Balaban J connectivity index is 1.63. The van der Waals surface area contributed by atoms with E-state index in [1.807, 2.05) is 48.5 Å². The molecule has 8 heteroatoms. The summed E-state index contributed by atoms with van der Waals surface area (Å²) in [5.41, 5.74) is 4.38. The molecule has 0 heterocycles. The van der Waals surface area contributed by atoms with Crippen LogP contribution in [0.1, 0.15) is 29.9 Å². The number of rotatable bonds is 11. The molecule has 0 spiro atoms. The second-order valence-electron chi connectivity index (χ2n) is 7.73. The van der Waals surface area contributed by atoms with Crippen molar-refractivity contribution in [1.82, 2.24) is 10.6 Å². The minimum absolute atomic E-state index is 0.101. The maximum atomic E-state index is 12.6. The number of carbonyl (C=O) groups excluding carboxylic acids is 2. The van der Waals surface area contributed by atoms with Crippen molar-refractivity contribution < 1.29 is 29.0 Å². The number of fused-ring (bicyclic) bond motifs is 3. The summed E-state index contributed by atoms with van der Waals surface area (Å²) in [5, 5.41) is 14.3. The predicted molar refractivity (Wildman–Crippen MR) is 123 cm³/mol. The van der Waals surface area contributed by atoms with Gasteiger partial charge < -0.3 is 25.2 Å². The van der Waals surface area contributed by atoms with Crippen LogP contribution in [0.3, 0.4) is 0 Å². The molecule has 2 aromatic carbocycles. The molecule has 0 fully saturated rings. The number of benzene rings is 2. The number of carboxylic acid groups (broad SMARTS) is 1. The number of aliphatic carboxylic acids is 1. The molecule has 3 N–H and O–H groups in total. The van der Waals surface area contributed by atoms with E-state index in [9.17, 15) is 19.5 Å². The summed E-state index contributed by atoms with van der Waals surface area (Å²) in [7, 11) is 1.44. The smallest absolute Gasteiger partial charge is 0.407 e. The molecular formula is C25H28N2O6. The minimum Gasteiger partial charge on any atom is -0.480 e. The highest BCUT2D eigenvalue weighted by Gasteiger charge is 2.30. The van der Waals surface area contributed by atoms with E-state index in [1.54, 1.807) is 0 Å². The van der Waals surface area contributed by atoms with Crippen molar-refractivity contribution >= 4 is 18.0 Å². The van der Waals surface area contributed by atoms with E-state index in [0.717, 1.165) is 22.3 Å². The Morgan fingerprint density at radius 3 is 2.18 bits per heavy atom. The van der Waals surface area contributed by atoms with Gasteiger partial charge in [0.05, 0.1) is 0 Å². The molecule has 3 rings (SSSR count). The van der Waals surface area contributed by atoms with Crippen LogP contribution in [0.2, 0.25) is 0 Å². The SMILES string of the molecule is C=CCC(NC(=O)OCC1c2ccccc2-c2ccccc21)C(=O)NC(CCOC)C(=O)O. The van der Waals surface area contributed by atoms with Gasteiger partial charge in [0.25, 0.3) is 0 Å². The van der Waals surface area contributed by atoms with Gasteiger partial charge in [-0.25, -0.2) is 9.59 Å². The lowest BCUT2D eigenvalue weighted by Gasteiger charge is -2.21. The third-order valence-corrected chi connectivity index (χ3v) is 5.58. The number of hydrogen-bond acceptors (Lipinski definition) is 5. The molecule has 0 saturated carbocycles. The summed E-state index contributed by atoms with van der Waals surface area (Å²) in [4.78, 5) is 36.5. The standard InChI is InChI=1S/C25H28N2O6/c1-3-8-21(23(28)26-22(24(29)30)13-14-32-2)27-25(31)33-15-20-18-11-6-4-9-16(18)17-10-5-7-12-19(17)20/h3-7,9-12,20-22H,1,8,13-15H2,2H3,(H,26,28)(H,27,31)(H,29,30). The number of alkyl carbamates (subject to hydrolysis) is 1. The van der Waals surface area contributed by atoms with Gasteiger partial charge in [-0.3, -0.25) is 4.79 Å². The van der Waals surface area contributed by atoms with Crippen LogP contribution in [-0.2, 0) is 19.1 Å². The number of methoxy groups -OCH3 is 1. The molecule has 174 valence electrons. The first kappa shape index (κ1) is 24.0. The van der Waals surface area contributed by atoms with Gasteiger partial charge >= 0.3 is 12.1 Å². The first-order valence-electron chi connectivity index (χ1n) is 10.7. The molecule has 0 radical (unpaired) electrons. The molecule has 0 aliphatic heterocycles. The fourth-order valence-corrected chi connectivity index (χ4v) is 3.95. The van der Waals surface area contributed by atoms with Crippen LogP contribution in [0.15, 0.2) is 61.2 Å². The van der Waals surface area contributed by atoms with E-state index in [4.69, 9.17) is 9.47 Å². The molecule has 33 heavy (non-hydrogen) atoms. The maximum Gasteiger partial charge on any atom is 0.407 e. The van der Waals surface area contributed by atoms with Crippen LogP contribution in [0.4, 0.5) is 4.79 Å². The van der Waals surface area contributed by atoms with E-state index >= 15 is 0 Å². The Labute approximate surface area is 192 Å². The molecule has 2 aromatic rings. The van der Waals surface area contributed by atoms with Gasteiger partial charge in [-0.05, 0) is 28.7 Å². The average Bonchev–Trinajstić information content (AvgIpc) is 3.13. The minimum atomic E-state index is -1.18. The van der Waals surface area contributed by atoms with Gasteiger partial charge in [-0.15, -0.1) is 6.58 Å². The summed E-state index contributed by atoms with van der Waals surface area (Å²) >= 11 is 0. The number of hydrogen-bond donors (Lipinski definition) is 3. The number of ether oxygens (including phenoxy) is 2. The molecule has 0 saturated heterocycles. The molecule has 1 aliphatic rings. The summed E-state index contributed by atoms with van der Waals surface area (Å²) in [5.74, 6) is -1.92. The van der Waals surface area contributed by atoms with Gasteiger partial charge in [0.1, 0.15) is 18.7 Å². The van der Waals surface area contributed by atoms with Crippen LogP contribution in [0.25, 0.3) is 11.1 Å². The van der Waals surface area contributed by atoms with Crippen molar-refractivity contribution in [2.24, 2.45) is 0 Å². The average molecular weight is 453 g/mol. The second-order valence-corrected chi connectivity index (χ2v) is 7.73. The summed E-state index contributed by atoms with van der Waals surface area (Å²) in [6.45, 7) is 3.88. The number of carbonyl (C=O) groups is 3. The fraction of sp³-hybridized carbons (Fsp3) is 0.320. The summed E-state index contributed by atoms with van der Waals surface area (Å²) in [6.07, 6.45) is 0.928. The number of carboxylic acids is 1. The van der Waals surface area contributed by atoms with Gasteiger partial charge in [-0.1, -0.05) is 54.6 Å². The largest absolute Gasteiger partial charge is 0.480 e. The molecule has 2 atom stereocenters. The van der Waals surface area contributed by atoms with Crippen molar-refractivity contribution in [3.8, 4) is 11.1 Å². The highest BCUT2D eigenvalue weighted by atomic mass is 16.5. The lowest BCUT2D eigenvalue weighted by molar-refractivity contribution is -0.142. The van der Waals surface area contributed by atoms with Crippen molar-refractivity contribution in [2.45, 2.75) is 30.8 Å². The number of amides is 2. The molecule has 2 amide bonds. The van der Waals surface area contributed by atoms with E-state index < -0.39 is 30.1 Å². The maximum absolute atomic E-state index is 12.6. The Kier molecular flexibility index (Phi) is 8.21. The molecule has 1 aliphatic carbocycles. The highest BCUT2D eigenvalue weighted by Crippen LogP contribution is 2.44. The van der Waals surface area contributed by atoms with E-state index in [2.05, 4.69) is 17.2 Å². The zero-order chi connectivity index (χ0) is 23.8. The Morgan fingerprint density at radius 2 is 1.64 bits per heavy atom. The van der Waals surface area contributed by atoms with Crippen LogP contribution >= 0.6 is 0 Å². The Bertz CT molecular complexity index is 976. The normalized spacial score (nSPS) is 13.8. The van der Waals surface area contributed by atoms with Crippen molar-refractivity contribution in [2.75, 3.05) is 20.3 Å². The first-order chi connectivity index (χ1) is 16.0. The van der Waals surface area contributed by atoms with Crippen molar-refractivity contribution in [3.63, 3.8) is 0 Å². The molecule has 2 unspecified atom stereocenters. The third-order valence-electron chi connectivity index (χ3n) is 5.58. The first-order valence-corrected chi connectivity index (χ1v) is 10.7. The van der Waals surface area contributed by atoms with Crippen molar-refractivity contribution in [3.05, 3.63) is 72.3 Å². The third kappa shape index (κ3) is 5.78. The molecular weight excluding hydrogens is 424 g/mol. The lowest BCUT2D eigenvalue weighted by atomic mass is 9.98. The summed E-state index contributed by atoms with van der Waals surface area (Å²) < 4.78 is 10.4. The van der Waals surface area contributed by atoms with Crippen LogP contribution in [0.5, 0.6) is 0 Å². The predicted octanol–water partition coefficient (Wildman–Crippen LogP) is 3.08. The van der Waals surface area contributed by atoms with Crippen molar-refractivity contribution in [1.29, 1.82) is 0 Å². The van der Waals surface area contributed by atoms with Crippen LogP contribution in [0, 0.1) is 0 Å². The van der Waals surface area contributed by atoms with Gasteiger partial charge in [-0.2, -0.15) is 0 Å². The molecule has 0 bridgehead atoms. The zero-order valence-corrected chi connectivity index (χ0v) is 18.5. The monoisotopic (exact) mass is 452 g/mol. The van der Waals surface area contributed by atoms with Crippen LogP contribution < -0.4 is 10.6 Å². The van der Waals surface area contributed by atoms with Gasteiger partial charge in [0.15, 0.2) is 0 Å². The Morgan fingerprint density at radius 1 is 1.03 bits per heavy atom.